The second-order valence-electron chi connectivity index (χ2n) is 6.47. The number of aliphatic carboxylic acids is 2. The highest BCUT2D eigenvalue weighted by molar-refractivity contribution is 5.72. The molecule has 132 valence electrons. The molecule has 1 saturated carbocycles. The molecule has 1 aromatic rings. The van der Waals surface area contributed by atoms with Crippen LogP contribution in [0.25, 0.3) is 0 Å². The third kappa shape index (κ3) is 5.23. The Labute approximate surface area is 141 Å². The summed E-state index contributed by atoms with van der Waals surface area (Å²) in [6.07, 6.45) is 5.39. The topological polar surface area (TPSA) is 98.1 Å². The van der Waals surface area contributed by atoms with E-state index in [4.69, 9.17) is 10.2 Å². The molecule has 0 unspecified atom stereocenters. The number of aryl methyl sites for hydroxylation is 1. The summed E-state index contributed by atoms with van der Waals surface area (Å²) in [5, 5.41) is 28.1. The van der Waals surface area contributed by atoms with E-state index in [1.54, 1.807) is 17.0 Å². The Kier molecular flexibility index (Phi) is 6.61. The zero-order valence-corrected chi connectivity index (χ0v) is 13.7. The lowest BCUT2D eigenvalue weighted by atomic mass is 9.80. The fourth-order valence-electron chi connectivity index (χ4n) is 3.71. The summed E-state index contributed by atoms with van der Waals surface area (Å²) in [5.41, 5.74) is 0.879. The standard InChI is InChI=1S/C18H25NO5/c20-16-8-4-2-6-14(16)10-9-13-5-1-3-7-15(13)19(11-17(21)22)12-18(23)24/h2,4,6,8,13,15,20H,1,3,5,7,9-12H2,(H,21,22)(H,23,24)/t13-,15+/m0/s1. The Morgan fingerprint density at radius 3 is 2.29 bits per heavy atom. The Balaban J connectivity index is 2.06. The maximum absolute atomic E-state index is 11.1. The third-order valence-corrected chi connectivity index (χ3v) is 4.79. The van der Waals surface area contributed by atoms with Crippen LogP contribution >= 0.6 is 0 Å². The van der Waals surface area contributed by atoms with Crippen LogP contribution in [-0.4, -0.2) is 51.3 Å². The molecule has 2 rings (SSSR count). The molecule has 24 heavy (non-hydrogen) atoms. The predicted octanol–water partition coefficient (Wildman–Crippen LogP) is 2.35. The van der Waals surface area contributed by atoms with Gasteiger partial charge in [-0.2, -0.15) is 0 Å². The highest BCUT2D eigenvalue weighted by atomic mass is 16.4. The van der Waals surface area contributed by atoms with E-state index in [1.807, 2.05) is 12.1 Å². The molecule has 1 aliphatic carbocycles. The molecule has 3 N–H and O–H groups in total. The smallest absolute Gasteiger partial charge is 0.317 e. The van der Waals surface area contributed by atoms with Crippen LogP contribution in [0.4, 0.5) is 0 Å². The molecular weight excluding hydrogens is 310 g/mol. The van der Waals surface area contributed by atoms with Crippen LogP contribution in [0.2, 0.25) is 0 Å². The van der Waals surface area contributed by atoms with Gasteiger partial charge >= 0.3 is 11.9 Å². The second-order valence-corrected chi connectivity index (χ2v) is 6.47. The Hall–Kier alpha value is -2.08. The van der Waals surface area contributed by atoms with E-state index in [9.17, 15) is 14.7 Å². The van der Waals surface area contributed by atoms with Gasteiger partial charge in [-0.05, 0) is 43.2 Å². The molecule has 1 aliphatic rings. The molecular formula is C18H25NO5. The molecule has 0 radical (unpaired) electrons. The molecule has 6 nitrogen and oxygen atoms in total. The van der Waals surface area contributed by atoms with Crippen molar-refractivity contribution in [3.63, 3.8) is 0 Å². The maximum Gasteiger partial charge on any atom is 0.317 e. The summed E-state index contributed by atoms with van der Waals surface area (Å²) in [6, 6.07) is 7.18. The van der Waals surface area contributed by atoms with Gasteiger partial charge < -0.3 is 15.3 Å². The summed E-state index contributed by atoms with van der Waals surface area (Å²) in [7, 11) is 0. The summed E-state index contributed by atoms with van der Waals surface area (Å²) in [5.74, 6) is -1.47. The second kappa shape index (κ2) is 8.68. The number of phenolic OH excluding ortho intramolecular Hbond substituents is 1. The Morgan fingerprint density at radius 1 is 1.04 bits per heavy atom. The minimum Gasteiger partial charge on any atom is -0.508 e. The first kappa shape index (κ1) is 18.3. The van der Waals surface area contributed by atoms with Crippen molar-refractivity contribution in [3.05, 3.63) is 29.8 Å². The first-order valence-electron chi connectivity index (χ1n) is 8.42. The molecule has 6 heteroatoms. The lowest BCUT2D eigenvalue weighted by Crippen LogP contribution is -2.47. The van der Waals surface area contributed by atoms with E-state index >= 15 is 0 Å². The number of rotatable bonds is 8. The van der Waals surface area contributed by atoms with Crippen molar-refractivity contribution >= 4 is 11.9 Å². The van der Waals surface area contributed by atoms with Crippen LogP contribution in [0.15, 0.2) is 24.3 Å². The van der Waals surface area contributed by atoms with E-state index in [-0.39, 0.29) is 30.8 Å². The minimum absolute atomic E-state index is 0.0307. The van der Waals surface area contributed by atoms with Gasteiger partial charge in [-0.3, -0.25) is 14.5 Å². The van der Waals surface area contributed by atoms with Gasteiger partial charge in [0.15, 0.2) is 0 Å². The number of hydrogen-bond donors (Lipinski definition) is 3. The number of carboxylic acid groups (broad SMARTS) is 2. The van der Waals surface area contributed by atoms with Gasteiger partial charge in [0.05, 0.1) is 13.1 Å². The van der Waals surface area contributed by atoms with Gasteiger partial charge in [-0.25, -0.2) is 0 Å². The summed E-state index contributed by atoms with van der Waals surface area (Å²) >= 11 is 0. The van der Waals surface area contributed by atoms with Crippen LogP contribution < -0.4 is 0 Å². The zero-order chi connectivity index (χ0) is 17.5. The fraction of sp³-hybridized carbons (Fsp3) is 0.556. The van der Waals surface area contributed by atoms with E-state index in [0.717, 1.165) is 37.7 Å². The zero-order valence-electron chi connectivity index (χ0n) is 13.7. The molecule has 0 heterocycles. The van der Waals surface area contributed by atoms with Crippen LogP contribution in [0, 0.1) is 5.92 Å². The van der Waals surface area contributed by atoms with Crippen LogP contribution in [-0.2, 0) is 16.0 Å². The average molecular weight is 335 g/mol. The van der Waals surface area contributed by atoms with Crippen molar-refractivity contribution in [2.45, 2.75) is 44.6 Å². The number of carboxylic acids is 2. The van der Waals surface area contributed by atoms with Crippen LogP contribution in [0.3, 0.4) is 0 Å². The number of aromatic hydroxyl groups is 1. The third-order valence-electron chi connectivity index (χ3n) is 4.79. The van der Waals surface area contributed by atoms with Crippen molar-refractivity contribution in [2.75, 3.05) is 13.1 Å². The highest BCUT2D eigenvalue weighted by Gasteiger charge is 2.32. The molecule has 2 atom stereocenters. The molecule has 0 amide bonds. The summed E-state index contributed by atoms with van der Waals surface area (Å²) in [6.45, 7) is -0.492. The summed E-state index contributed by atoms with van der Waals surface area (Å²) in [4.78, 5) is 23.8. The lowest BCUT2D eigenvalue weighted by molar-refractivity contribution is -0.143. The quantitative estimate of drug-likeness (QED) is 0.674. The number of phenols is 1. The van der Waals surface area contributed by atoms with Crippen molar-refractivity contribution in [1.82, 2.24) is 4.90 Å². The van der Waals surface area contributed by atoms with E-state index in [0.29, 0.717) is 6.42 Å². The normalized spacial score (nSPS) is 20.9. The van der Waals surface area contributed by atoms with Gasteiger partial charge in [0, 0.05) is 6.04 Å². The number of carbonyl (C=O) groups is 2. The molecule has 0 bridgehead atoms. The maximum atomic E-state index is 11.1. The minimum atomic E-state index is -0.999. The molecule has 1 aromatic carbocycles. The lowest BCUT2D eigenvalue weighted by Gasteiger charge is -2.38. The van der Waals surface area contributed by atoms with Gasteiger partial charge in [0.1, 0.15) is 5.75 Å². The molecule has 1 fully saturated rings. The van der Waals surface area contributed by atoms with E-state index in [2.05, 4.69) is 0 Å². The first-order chi connectivity index (χ1) is 11.5. The van der Waals surface area contributed by atoms with Crippen molar-refractivity contribution in [3.8, 4) is 5.75 Å². The SMILES string of the molecule is O=C(O)CN(CC(=O)O)[C@@H]1CCCC[C@H]1CCc1ccccc1O. The first-order valence-corrected chi connectivity index (χ1v) is 8.42. The molecule has 0 aromatic heterocycles. The summed E-state index contributed by atoms with van der Waals surface area (Å²) < 4.78 is 0. The largest absolute Gasteiger partial charge is 0.508 e. The van der Waals surface area contributed by atoms with Crippen LogP contribution in [0.1, 0.15) is 37.7 Å². The van der Waals surface area contributed by atoms with Crippen molar-refractivity contribution < 1.29 is 24.9 Å². The van der Waals surface area contributed by atoms with Gasteiger partial charge in [-0.15, -0.1) is 0 Å². The van der Waals surface area contributed by atoms with Crippen LogP contribution in [0.5, 0.6) is 5.75 Å². The van der Waals surface area contributed by atoms with Crippen molar-refractivity contribution in [2.24, 2.45) is 5.92 Å². The molecule has 0 aliphatic heterocycles. The van der Waals surface area contributed by atoms with Crippen molar-refractivity contribution in [1.29, 1.82) is 0 Å². The van der Waals surface area contributed by atoms with E-state index in [1.165, 1.54) is 0 Å². The monoisotopic (exact) mass is 335 g/mol. The molecule has 0 saturated heterocycles. The molecule has 0 spiro atoms. The number of hydrogen-bond acceptors (Lipinski definition) is 4. The Bertz CT molecular complexity index is 558. The number of para-hydroxylation sites is 1. The van der Waals surface area contributed by atoms with E-state index < -0.39 is 11.9 Å². The average Bonchev–Trinajstić information content (AvgIpc) is 2.53. The highest BCUT2D eigenvalue weighted by Crippen LogP contribution is 2.32. The predicted molar refractivity (Wildman–Crippen MR) is 89.0 cm³/mol. The Morgan fingerprint density at radius 2 is 1.67 bits per heavy atom. The fourth-order valence-corrected chi connectivity index (χ4v) is 3.71. The number of benzene rings is 1. The van der Waals surface area contributed by atoms with Gasteiger partial charge in [0.2, 0.25) is 0 Å². The number of nitrogens with zero attached hydrogens (tertiary/aromatic N) is 1. The van der Waals surface area contributed by atoms with Gasteiger partial charge in [0.25, 0.3) is 0 Å². The van der Waals surface area contributed by atoms with Gasteiger partial charge in [-0.1, -0.05) is 31.0 Å².